The van der Waals surface area contributed by atoms with E-state index in [1.54, 1.807) is 23.9 Å². The molecule has 0 aliphatic heterocycles. The summed E-state index contributed by atoms with van der Waals surface area (Å²) < 4.78 is 34.3. The number of aryl methyl sites for hydroxylation is 1. The lowest BCUT2D eigenvalue weighted by molar-refractivity contribution is -0.118. The van der Waals surface area contributed by atoms with E-state index in [0.717, 1.165) is 22.0 Å². The Bertz CT molecular complexity index is 1220. The smallest absolute Gasteiger partial charge is 0.232 e. The van der Waals surface area contributed by atoms with Crippen LogP contribution in [0.2, 0.25) is 0 Å². The molecule has 174 valence electrons. The van der Waals surface area contributed by atoms with Gasteiger partial charge in [0.25, 0.3) is 0 Å². The molecule has 1 aromatic heterocycles. The average Bonchev–Trinajstić information content (AvgIpc) is 3.35. The molecular formula is C25H27F2N3O3. The molecule has 3 N–H and O–H groups in total. The Morgan fingerprint density at radius 1 is 1.24 bits per heavy atom. The maximum Gasteiger partial charge on any atom is 0.232 e. The summed E-state index contributed by atoms with van der Waals surface area (Å²) in [5.41, 5.74) is 9.48. The highest BCUT2D eigenvalue weighted by molar-refractivity contribution is 5.95. The SMILES string of the molecule is COc1ccc2c(c1)c(CCNC(C)=O)cn2C(=O)CC(N)C1CCc2cc(F)c(F)cc21. The highest BCUT2D eigenvalue weighted by Gasteiger charge is 2.31. The van der Waals surface area contributed by atoms with Gasteiger partial charge < -0.3 is 15.8 Å². The Labute approximate surface area is 190 Å². The summed E-state index contributed by atoms with van der Waals surface area (Å²) in [7, 11) is 1.58. The molecule has 0 saturated heterocycles. The van der Waals surface area contributed by atoms with Crippen molar-refractivity contribution in [1.29, 1.82) is 0 Å². The number of benzene rings is 2. The zero-order chi connectivity index (χ0) is 23.7. The largest absolute Gasteiger partial charge is 0.497 e. The van der Waals surface area contributed by atoms with Crippen molar-refractivity contribution < 1.29 is 23.1 Å². The van der Waals surface area contributed by atoms with Gasteiger partial charge in [0.2, 0.25) is 11.8 Å². The number of amides is 1. The summed E-state index contributed by atoms with van der Waals surface area (Å²) in [5.74, 6) is -1.60. The molecule has 0 saturated carbocycles. The van der Waals surface area contributed by atoms with Gasteiger partial charge in [0.05, 0.1) is 12.6 Å². The number of aromatic nitrogens is 1. The first-order valence-electron chi connectivity index (χ1n) is 11.0. The predicted molar refractivity (Wildman–Crippen MR) is 122 cm³/mol. The maximum absolute atomic E-state index is 13.8. The van der Waals surface area contributed by atoms with Gasteiger partial charge in [-0.25, -0.2) is 8.78 Å². The van der Waals surface area contributed by atoms with E-state index < -0.39 is 17.7 Å². The first-order chi connectivity index (χ1) is 15.8. The average molecular weight is 456 g/mol. The summed E-state index contributed by atoms with van der Waals surface area (Å²) >= 11 is 0. The van der Waals surface area contributed by atoms with Crippen LogP contribution in [0.25, 0.3) is 10.9 Å². The molecule has 1 aliphatic carbocycles. The second kappa shape index (κ2) is 9.31. The third-order valence-electron chi connectivity index (χ3n) is 6.36. The number of fused-ring (bicyclic) bond motifs is 2. The van der Waals surface area contributed by atoms with Crippen LogP contribution in [0.5, 0.6) is 5.75 Å². The maximum atomic E-state index is 13.8. The molecule has 1 amide bonds. The standard InChI is InChI=1S/C25H27F2N3O3/c1-14(31)29-8-7-16-13-30(24-6-4-17(33-2)10-20(16)24)25(32)12-23(28)18-5-3-15-9-21(26)22(27)11-19(15)18/h4,6,9-11,13,18,23H,3,5,7-8,12,28H2,1-2H3,(H,29,31). The normalized spacial score (nSPS) is 16.0. The monoisotopic (exact) mass is 455 g/mol. The molecule has 33 heavy (non-hydrogen) atoms. The molecule has 0 bridgehead atoms. The lowest BCUT2D eigenvalue weighted by Crippen LogP contribution is -2.31. The molecule has 1 heterocycles. The summed E-state index contributed by atoms with van der Waals surface area (Å²) in [6, 6.07) is 7.39. The van der Waals surface area contributed by atoms with Gasteiger partial charge >= 0.3 is 0 Å². The minimum Gasteiger partial charge on any atom is -0.497 e. The van der Waals surface area contributed by atoms with Gasteiger partial charge in [-0.2, -0.15) is 0 Å². The molecule has 2 atom stereocenters. The Hall–Kier alpha value is -3.26. The van der Waals surface area contributed by atoms with Gasteiger partial charge in [-0.05, 0) is 66.3 Å². The van der Waals surface area contributed by atoms with Gasteiger partial charge in [0.1, 0.15) is 5.75 Å². The number of nitrogens with zero attached hydrogens (tertiary/aromatic N) is 1. The van der Waals surface area contributed by atoms with E-state index in [0.29, 0.717) is 37.1 Å². The number of nitrogens with one attached hydrogen (secondary N) is 1. The van der Waals surface area contributed by atoms with Crippen LogP contribution in [0.3, 0.4) is 0 Å². The number of methoxy groups -OCH3 is 1. The molecule has 0 radical (unpaired) electrons. The van der Waals surface area contributed by atoms with Crippen molar-refractivity contribution in [2.24, 2.45) is 5.73 Å². The Balaban J connectivity index is 1.58. The van der Waals surface area contributed by atoms with Crippen LogP contribution < -0.4 is 15.8 Å². The molecule has 0 spiro atoms. The third kappa shape index (κ3) is 4.61. The van der Waals surface area contributed by atoms with Crippen LogP contribution in [0, 0.1) is 11.6 Å². The Morgan fingerprint density at radius 2 is 2.00 bits per heavy atom. The van der Waals surface area contributed by atoms with Gasteiger partial charge in [0.15, 0.2) is 11.6 Å². The summed E-state index contributed by atoms with van der Waals surface area (Å²) in [4.78, 5) is 24.5. The van der Waals surface area contributed by atoms with E-state index in [4.69, 9.17) is 10.5 Å². The van der Waals surface area contributed by atoms with Crippen molar-refractivity contribution in [2.45, 2.75) is 44.6 Å². The predicted octanol–water partition coefficient (Wildman–Crippen LogP) is 3.69. The number of halogens is 2. The van der Waals surface area contributed by atoms with E-state index in [-0.39, 0.29) is 24.2 Å². The third-order valence-corrected chi connectivity index (χ3v) is 6.36. The number of nitrogens with two attached hydrogens (primary N) is 1. The minimum atomic E-state index is -0.895. The van der Waals surface area contributed by atoms with E-state index in [1.165, 1.54) is 19.1 Å². The van der Waals surface area contributed by atoms with Gasteiger partial charge in [-0.3, -0.25) is 14.2 Å². The number of carbonyl (C=O) groups excluding carboxylic acids is 2. The molecule has 6 nitrogen and oxygen atoms in total. The number of ether oxygens (including phenoxy) is 1. The quantitative estimate of drug-likeness (QED) is 0.569. The summed E-state index contributed by atoms with van der Waals surface area (Å²) in [5, 5.41) is 3.64. The van der Waals surface area contributed by atoms with Gasteiger partial charge in [-0.15, -0.1) is 0 Å². The number of rotatable bonds is 7. The van der Waals surface area contributed by atoms with Crippen LogP contribution in [-0.2, 0) is 17.6 Å². The molecular weight excluding hydrogens is 428 g/mol. The topological polar surface area (TPSA) is 86.3 Å². The number of hydrogen-bond donors (Lipinski definition) is 2. The number of hydrogen-bond acceptors (Lipinski definition) is 4. The molecule has 2 aromatic carbocycles. The van der Waals surface area contributed by atoms with E-state index in [9.17, 15) is 18.4 Å². The fraction of sp³-hybridized carbons (Fsp3) is 0.360. The van der Waals surface area contributed by atoms with Crippen LogP contribution in [0.1, 0.15) is 47.2 Å². The van der Waals surface area contributed by atoms with Crippen molar-refractivity contribution in [2.75, 3.05) is 13.7 Å². The van der Waals surface area contributed by atoms with E-state index in [2.05, 4.69) is 5.32 Å². The molecule has 0 fully saturated rings. The fourth-order valence-corrected chi connectivity index (χ4v) is 4.70. The van der Waals surface area contributed by atoms with E-state index in [1.807, 2.05) is 12.1 Å². The fourth-order valence-electron chi connectivity index (χ4n) is 4.70. The Morgan fingerprint density at radius 3 is 2.73 bits per heavy atom. The second-order valence-corrected chi connectivity index (χ2v) is 8.51. The van der Waals surface area contributed by atoms with Crippen molar-refractivity contribution in [3.63, 3.8) is 0 Å². The van der Waals surface area contributed by atoms with E-state index >= 15 is 0 Å². The van der Waals surface area contributed by atoms with Crippen molar-refractivity contribution in [3.8, 4) is 5.75 Å². The molecule has 1 aliphatic rings. The minimum absolute atomic E-state index is 0.0596. The van der Waals surface area contributed by atoms with Crippen molar-refractivity contribution >= 4 is 22.7 Å². The van der Waals surface area contributed by atoms with Crippen LogP contribution in [0.4, 0.5) is 8.78 Å². The molecule has 3 aromatic rings. The molecule has 2 unspecified atom stereocenters. The zero-order valence-corrected chi connectivity index (χ0v) is 18.7. The lowest BCUT2D eigenvalue weighted by Gasteiger charge is -2.20. The van der Waals surface area contributed by atoms with Crippen molar-refractivity contribution in [1.82, 2.24) is 9.88 Å². The molecule has 4 rings (SSSR count). The number of carbonyl (C=O) groups is 2. The zero-order valence-electron chi connectivity index (χ0n) is 18.7. The highest BCUT2D eigenvalue weighted by Crippen LogP contribution is 2.37. The summed E-state index contributed by atoms with van der Waals surface area (Å²) in [6.45, 7) is 1.90. The second-order valence-electron chi connectivity index (χ2n) is 8.51. The first kappa shape index (κ1) is 22.9. The molecule has 8 heteroatoms. The van der Waals surface area contributed by atoms with Crippen LogP contribution in [-0.4, -0.2) is 36.1 Å². The first-order valence-corrected chi connectivity index (χ1v) is 11.0. The van der Waals surface area contributed by atoms with Gasteiger partial charge in [0, 0.05) is 43.4 Å². The van der Waals surface area contributed by atoms with Gasteiger partial charge in [-0.1, -0.05) is 0 Å². The van der Waals surface area contributed by atoms with Crippen LogP contribution in [0.15, 0.2) is 36.5 Å². The summed E-state index contributed by atoms with van der Waals surface area (Å²) in [6.07, 6.45) is 3.65. The van der Waals surface area contributed by atoms with Crippen molar-refractivity contribution in [3.05, 3.63) is 64.9 Å². The highest BCUT2D eigenvalue weighted by atomic mass is 19.2. The Kier molecular flexibility index (Phi) is 6.47. The van der Waals surface area contributed by atoms with Crippen LogP contribution >= 0.6 is 0 Å². The lowest BCUT2D eigenvalue weighted by atomic mass is 9.91.